The van der Waals surface area contributed by atoms with Crippen LogP contribution in [0.3, 0.4) is 0 Å². The Morgan fingerprint density at radius 3 is 2.69 bits per heavy atom. The van der Waals surface area contributed by atoms with E-state index in [1.54, 1.807) is 0 Å². The molecule has 3 heteroatoms. The van der Waals surface area contributed by atoms with E-state index in [1.165, 1.54) is 18.4 Å². The van der Waals surface area contributed by atoms with Gasteiger partial charge in [-0.25, -0.2) is 4.99 Å². The number of guanidine groups is 1. The molecule has 0 aliphatic heterocycles. The fourth-order valence-electron chi connectivity index (χ4n) is 1.78. The zero-order chi connectivity index (χ0) is 11.5. The number of benzene rings is 1. The van der Waals surface area contributed by atoms with Crippen LogP contribution in [0.2, 0.25) is 0 Å². The second kappa shape index (κ2) is 4.56. The molecule has 3 nitrogen and oxygen atoms in total. The number of nitrogens with two attached hydrogens (primary N) is 1. The van der Waals surface area contributed by atoms with Crippen LogP contribution in [0.4, 0.5) is 5.69 Å². The molecule has 0 radical (unpaired) electrons. The van der Waals surface area contributed by atoms with Crippen molar-refractivity contribution in [1.82, 2.24) is 0 Å². The molecule has 0 atom stereocenters. The Balaban J connectivity index is 2.24. The lowest BCUT2D eigenvalue weighted by atomic mass is 10.2. The molecule has 1 fully saturated rings. The van der Waals surface area contributed by atoms with E-state index in [0.29, 0.717) is 12.0 Å². The van der Waals surface area contributed by atoms with Crippen molar-refractivity contribution in [3.8, 4) is 0 Å². The van der Waals surface area contributed by atoms with Crippen molar-refractivity contribution in [2.75, 3.05) is 11.4 Å². The van der Waals surface area contributed by atoms with Crippen LogP contribution in [-0.2, 0) is 0 Å². The molecule has 1 saturated carbocycles. The summed E-state index contributed by atoms with van der Waals surface area (Å²) in [5, 5.41) is 0. The lowest BCUT2D eigenvalue weighted by Gasteiger charge is -2.23. The van der Waals surface area contributed by atoms with Crippen LogP contribution in [0.15, 0.2) is 29.3 Å². The molecule has 0 heterocycles. The maximum absolute atomic E-state index is 6.05. The number of para-hydroxylation sites is 1. The summed E-state index contributed by atoms with van der Waals surface area (Å²) in [6.07, 6.45) is 2.37. The first kappa shape index (κ1) is 11.0. The molecule has 0 unspecified atom stereocenters. The van der Waals surface area contributed by atoms with Gasteiger partial charge in [-0.3, -0.25) is 0 Å². The summed E-state index contributed by atoms with van der Waals surface area (Å²) < 4.78 is 0. The number of aliphatic imine (C=N–C) groups is 1. The summed E-state index contributed by atoms with van der Waals surface area (Å²) in [6, 6.07) is 8.74. The first-order valence-corrected chi connectivity index (χ1v) is 5.88. The van der Waals surface area contributed by atoms with Gasteiger partial charge in [0.2, 0.25) is 0 Å². The lowest BCUT2D eigenvalue weighted by molar-refractivity contribution is 0.984. The summed E-state index contributed by atoms with van der Waals surface area (Å²) in [7, 11) is 0. The number of nitrogens with zero attached hydrogens (tertiary/aromatic N) is 2. The number of hydrogen-bond donors (Lipinski definition) is 1. The average Bonchev–Trinajstić information content (AvgIpc) is 3.06. The monoisotopic (exact) mass is 217 g/mol. The van der Waals surface area contributed by atoms with Crippen LogP contribution >= 0.6 is 0 Å². The van der Waals surface area contributed by atoms with Crippen LogP contribution in [0, 0.1) is 6.92 Å². The fourth-order valence-corrected chi connectivity index (χ4v) is 1.78. The van der Waals surface area contributed by atoms with Gasteiger partial charge in [-0.15, -0.1) is 0 Å². The minimum absolute atomic E-state index is 0.470. The highest BCUT2D eigenvalue weighted by molar-refractivity contribution is 5.95. The predicted molar refractivity (Wildman–Crippen MR) is 68.8 cm³/mol. The third-order valence-corrected chi connectivity index (χ3v) is 2.86. The van der Waals surface area contributed by atoms with Crippen LogP contribution in [0.25, 0.3) is 0 Å². The second-order valence-electron chi connectivity index (χ2n) is 4.25. The Bertz CT molecular complexity index is 394. The van der Waals surface area contributed by atoms with Crippen LogP contribution in [0.1, 0.15) is 25.3 Å². The van der Waals surface area contributed by atoms with Gasteiger partial charge in [0.05, 0.1) is 6.04 Å². The van der Waals surface area contributed by atoms with E-state index in [-0.39, 0.29) is 0 Å². The van der Waals surface area contributed by atoms with Gasteiger partial charge in [0.15, 0.2) is 5.96 Å². The molecule has 0 saturated heterocycles. The highest BCUT2D eigenvalue weighted by Crippen LogP contribution is 2.25. The molecule has 0 aromatic heterocycles. The number of rotatable bonds is 3. The average molecular weight is 217 g/mol. The minimum atomic E-state index is 0.470. The molecule has 0 bridgehead atoms. The number of anilines is 1. The highest BCUT2D eigenvalue weighted by Gasteiger charge is 2.22. The molecule has 1 aromatic rings. The van der Waals surface area contributed by atoms with Crippen molar-refractivity contribution in [2.24, 2.45) is 10.7 Å². The normalized spacial score (nSPS) is 16.2. The maximum Gasteiger partial charge on any atom is 0.196 e. The van der Waals surface area contributed by atoms with Gasteiger partial charge in [-0.1, -0.05) is 18.2 Å². The Kier molecular flexibility index (Phi) is 3.13. The maximum atomic E-state index is 6.05. The SMILES string of the molecule is CCN(C(N)=NC1CC1)c1ccccc1C. The van der Waals surface area contributed by atoms with Gasteiger partial charge in [0, 0.05) is 12.2 Å². The highest BCUT2D eigenvalue weighted by atomic mass is 15.3. The summed E-state index contributed by atoms with van der Waals surface area (Å²) >= 11 is 0. The molecule has 16 heavy (non-hydrogen) atoms. The minimum Gasteiger partial charge on any atom is -0.370 e. The van der Waals surface area contributed by atoms with E-state index < -0.39 is 0 Å². The quantitative estimate of drug-likeness (QED) is 0.623. The van der Waals surface area contributed by atoms with Crippen molar-refractivity contribution in [2.45, 2.75) is 32.7 Å². The zero-order valence-electron chi connectivity index (χ0n) is 9.98. The Morgan fingerprint density at radius 2 is 2.12 bits per heavy atom. The Hall–Kier alpha value is -1.51. The first-order chi connectivity index (χ1) is 7.72. The third-order valence-electron chi connectivity index (χ3n) is 2.86. The number of aryl methyl sites for hydroxylation is 1. The molecule has 0 spiro atoms. The van der Waals surface area contributed by atoms with E-state index in [4.69, 9.17) is 5.73 Å². The summed E-state index contributed by atoms with van der Waals surface area (Å²) in [4.78, 5) is 6.57. The largest absolute Gasteiger partial charge is 0.370 e. The lowest BCUT2D eigenvalue weighted by Crippen LogP contribution is -2.38. The molecule has 0 amide bonds. The molecule has 1 aliphatic carbocycles. The zero-order valence-corrected chi connectivity index (χ0v) is 9.98. The van der Waals surface area contributed by atoms with E-state index in [0.717, 1.165) is 12.2 Å². The van der Waals surface area contributed by atoms with Gasteiger partial charge >= 0.3 is 0 Å². The van der Waals surface area contributed by atoms with E-state index in [1.807, 2.05) is 12.1 Å². The van der Waals surface area contributed by atoms with Gasteiger partial charge < -0.3 is 10.6 Å². The smallest absolute Gasteiger partial charge is 0.196 e. The van der Waals surface area contributed by atoms with Crippen molar-refractivity contribution in [1.29, 1.82) is 0 Å². The molecular formula is C13H19N3. The van der Waals surface area contributed by atoms with Crippen LogP contribution in [0.5, 0.6) is 0 Å². The molecule has 86 valence electrons. The third kappa shape index (κ3) is 2.35. The molecule has 1 aliphatic rings. The van der Waals surface area contributed by atoms with Crippen LogP contribution < -0.4 is 10.6 Å². The van der Waals surface area contributed by atoms with E-state index >= 15 is 0 Å². The summed E-state index contributed by atoms with van der Waals surface area (Å²) in [6.45, 7) is 5.05. The van der Waals surface area contributed by atoms with Crippen molar-refractivity contribution >= 4 is 11.6 Å². The van der Waals surface area contributed by atoms with Crippen molar-refractivity contribution in [3.05, 3.63) is 29.8 Å². The van der Waals surface area contributed by atoms with Crippen molar-refractivity contribution < 1.29 is 0 Å². The number of hydrogen-bond acceptors (Lipinski definition) is 1. The fraction of sp³-hybridized carbons (Fsp3) is 0.462. The van der Waals surface area contributed by atoms with Gasteiger partial charge in [-0.2, -0.15) is 0 Å². The van der Waals surface area contributed by atoms with Crippen molar-refractivity contribution in [3.63, 3.8) is 0 Å². The van der Waals surface area contributed by atoms with Gasteiger partial charge in [0.1, 0.15) is 0 Å². The first-order valence-electron chi connectivity index (χ1n) is 5.88. The summed E-state index contributed by atoms with van der Waals surface area (Å²) in [5.41, 5.74) is 8.44. The molecule has 1 aromatic carbocycles. The standard InChI is InChI=1S/C13H19N3/c1-3-16(13(14)15-11-8-9-11)12-7-5-4-6-10(12)2/h4-7,11H,3,8-9H2,1-2H3,(H2,14,15). The van der Waals surface area contributed by atoms with E-state index in [2.05, 4.69) is 35.9 Å². The molecule has 2 rings (SSSR count). The Labute approximate surface area is 97.0 Å². The molecular weight excluding hydrogens is 198 g/mol. The Morgan fingerprint density at radius 1 is 1.44 bits per heavy atom. The van der Waals surface area contributed by atoms with Gasteiger partial charge in [-0.05, 0) is 38.3 Å². The topological polar surface area (TPSA) is 41.6 Å². The van der Waals surface area contributed by atoms with Gasteiger partial charge in [0.25, 0.3) is 0 Å². The molecule has 2 N–H and O–H groups in total. The predicted octanol–water partition coefficient (Wildman–Crippen LogP) is 2.30. The summed E-state index contributed by atoms with van der Waals surface area (Å²) in [5.74, 6) is 0.652. The second-order valence-corrected chi connectivity index (χ2v) is 4.25. The van der Waals surface area contributed by atoms with E-state index in [9.17, 15) is 0 Å². The van der Waals surface area contributed by atoms with Crippen LogP contribution in [-0.4, -0.2) is 18.5 Å².